The third-order valence-electron chi connectivity index (χ3n) is 3.89. The molecule has 0 radical (unpaired) electrons. The van der Waals surface area contributed by atoms with E-state index in [0.29, 0.717) is 0 Å². The van der Waals surface area contributed by atoms with Gasteiger partial charge in [-0.1, -0.05) is 39.5 Å². The minimum absolute atomic E-state index is 0.242. The van der Waals surface area contributed by atoms with Gasteiger partial charge in [0.2, 0.25) is 0 Å². The van der Waals surface area contributed by atoms with E-state index >= 15 is 0 Å². The van der Waals surface area contributed by atoms with Crippen LogP contribution in [0.3, 0.4) is 0 Å². The molecule has 1 saturated carbocycles. The molecule has 1 aliphatic rings. The van der Waals surface area contributed by atoms with Gasteiger partial charge in [0.1, 0.15) is 0 Å². The van der Waals surface area contributed by atoms with Gasteiger partial charge in [0, 0.05) is 5.54 Å². The molecule has 0 aromatic rings. The lowest BCUT2D eigenvalue weighted by Crippen LogP contribution is -2.37. The summed E-state index contributed by atoms with van der Waals surface area (Å²) in [6.07, 6.45) is 6.82. The van der Waals surface area contributed by atoms with Crippen LogP contribution in [0.25, 0.3) is 0 Å². The highest BCUT2D eigenvalue weighted by molar-refractivity contribution is 5.11. The molecule has 0 aromatic heterocycles. The third-order valence-corrected chi connectivity index (χ3v) is 3.89. The quantitative estimate of drug-likeness (QED) is 0.378. The average Bonchev–Trinajstić information content (AvgIpc) is 2.66. The van der Waals surface area contributed by atoms with Crippen molar-refractivity contribution < 1.29 is 0 Å². The summed E-state index contributed by atoms with van der Waals surface area (Å²) in [7, 11) is 0. The van der Waals surface area contributed by atoms with Crippen LogP contribution in [-0.2, 0) is 0 Å². The molecule has 1 unspecified atom stereocenters. The Morgan fingerprint density at radius 2 is 2.00 bits per heavy atom. The number of unbranched alkanes of at least 4 members (excludes halogenated alkanes) is 3. The molecule has 0 amide bonds. The van der Waals surface area contributed by atoms with Gasteiger partial charge in [0.25, 0.3) is 0 Å². The number of hydrogen-bond donors (Lipinski definition) is 2. The number of hydrazine groups is 1. The van der Waals surface area contributed by atoms with Crippen LogP contribution >= 0.6 is 0 Å². The maximum Gasteiger partial charge on any atom is 0.0353 e. The maximum absolute atomic E-state index is 5.53. The summed E-state index contributed by atoms with van der Waals surface area (Å²) in [4.78, 5) is 0. The zero-order valence-electron chi connectivity index (χ0n) is 9.27. The van der Waals surface area contributed by atoms with Crippen molar-refractivity contribution in [3.63, 3.8) is 0 Å². The zero-order chi connectivity index (χ0) is 9.90. The van der Waals surface area contributed by atoms with E-state index in [0.717, 1.165) is 11.8 Å². The third kappa shape index (κ3) is 2.23. The summed E-state index contributed by atoms with van der Waals surface area (Å²) in [5.74, 6) is 7.11. The second-order valence-corrected chi connectivity index (χ2v) is 4.67. The van der Waals surface area contributed by atoms with Gasteiger partial charge in [0.15, 0.2) is 0 Å². The molecule has 0 saturated heterocycles. The van der Waals surface area contributed by atoms with Gasteiger partial charge in [-0.15, -0.1) is 0 Å². The Bertz CT molecular complexity index is 158. The molecule has 13 heavy (non-hydrogen) atoms. The summed E-state index contributed by atoms with van der Waals surface area (Å²) >= 11 is 0. The molecule has 0 bridgehead atoms. The van der Waals surface area contributed by atoms with Gasteiger partial charge >= 0.3 is 0 Å². The van der Waals surface area contributed by atoms with Crippen molar-refractivity contribution in [2.24, 2.45) is 17.7 Å². The predicted molar refractivity (Wildman–Crippen MR) is 57.1 cm³/mol. The van der Waals surface area contributed by atoms with Gasteiger partial charge in [-0.3, -0.25) is 11.3 Å². The Labute approximate surface area is 82.2 Å². The van der Waals surface area contributed by atoms with E-state index in [2.05, 4.69) is 26.2 Å². The molecule has 0 aromatic carbocycles. The van der Waals surface area contributed by atoms with Crippen molar-refractivity contribution in [2.75, 3.05) is 0 Å². The molecule has 0 heterocycles. The van der Waals surface area contributed by atoms with E-state index < -0.39 is 0 Å². The highest BCUT2D eigenvalue weighted by Crippen LogP contribution is 2.52. The lowest BCUT2D eigenvalue weighted by molar-refractivity contribution is 0.472. The number of rotatable bonds is 6. The Balaban J connectivity index is 2.11. The van der Waals surface area contributed by atoms with E-state index in [1.54, 1.807) is 0 Å². The number of nitrogens with one attached hydrogen (secondary N) is 1. The first kappa shape index (κ1) is 11.0. The van der Waals surface area contributed by atoms with Crippen molar-refractivity contribution in [3.8, 4) is 0 Å². The van der Waals surface area contributed by atoms with Crippen molar-refractivity contribution in [2.45, 2.75) is 58.4 Å². The maximum atomic E-state index is 5.53. The van der Waals surface area contributed by atoms with E-state index in [1.807, 2.05) is 0 Å². The summed E-state index contributed by atoms with van der Waals surface area (Å²) < 4.78 is 0. The predicted octanol–water partition coefficient (Wildman–Crippen LogP) is 2.44. The fourth-order valence-electron chi connectivity index (χ4n) is 2.41. The van der Waals surface area contributed by atoms with Crippen LogP contribution < -0.4 is 11.3 Å². The first-order valence-electron chi connectivity index (χ1n) is 5.64. The van der Waals surface area contributed by atoms with Gasteiger partial charge in [0.05, 0.1) is 0 Å². The first-order valence-corrected chi connectivity index (χ1v) is 5.64. The van der Waals surface area contributed by atoms with Crippen LogP contribution in [0.1, 0.15) is 52.9 Å². The van der Waals surface area contributed by atoms with E-state index in [1.165, 1.54) is 32.1 Å². The standard InChI is InChI=1S/C11H24N2/c1-4-5-6-7-8-10-9(2)11(10,3)13-12/h9-10,13H,4-8,12H2,1-3H3/t9?,10-,11-/m0/s1. The largest absolute Gasteiger partial charge is 0.271 e. The Kier molecular flexibility index (Phi) is 3.74. The van der Waals surface area contributed by atoms with Gasteiger partial charge in [-0.05, 0) is 25.2 Å². The smallest absolute Gasteiger partial charge is 0.0353 e. The fraction of sp³-hybridized carbons (Fsp3) is 1.00. The summed E-state index contributed by atoms with van der Waals surface area (Å²) in [5, 5.41) is 0. The molecule has 1 aliphatic carbocycles. The second-order valence-electron chi connectivity index (χ2n) is 4.67. The zero-order valence-corrected chi connectivity index (χ0v) is 9.27. The van der Waals surface area contributed by atoms with Crippen LogP contribution in [-0.4, -0.2) is 5.54 Å². The molecule has 1 fully saturated rings. The lowest BCUT2D eigenvalue weighted by Gasteiger charge is -2.08. The SMILES string of the molecule is CCCCCC[C@H]1C(C)[C@]1(C)NN. The molecule has 1 rings (SSSR count). The van der Waals surface area contributed by atoms with Crippen LogP contribution in [0.2, 0.25) is 0 Å². The minimum Gasteiger partial charge on any atom is -0.271 e. The Morgan fingerprint density at radius 3 is 2.46 bits per heavy atom. The van der Waals surface area contributed by atoms with Gasteiger partial charge in [-0.2, -0.15) is 0 Å². The van der Waals surface area contributed by atoms with Crippen LogP contribution in [0.15, 0.2) is 0 Å². The lowest BCUT2D eigenvalue weighted by atomic mass is 10.1. The van der Waals surface area contributed by atoms with Crippen molar-refractivity contribution in [1.29, 1.82) is 0 Å². The second kappa shape index (κ2) is 4.43. The molecule has 3 N–H and O–H groups in total. The van der Waals surface area contributed by atoms with Crippen LogP contribution in [0.4, 0.5) is 0 Å². The average molecular weight is 184 g/mol. The Morgan fingerprint density at radius 1 is 1.31 bits per heavy atom. The normalized spacial score (nSPS) is 37.8. The van der Waals surface area contributed by atoms with Crippen molar-refractivity contribution in [3.05, 3.63) is 0 Å². The summed E-state index contributed by atoms with van der Waals surface area (Å²) in [6, 6.07) is 0. The minimum atomic E-state index is 0.242. The molecular weight excluding hydrogens is 160 g/mol. The van der Waals surface area contributed by atoms with E-state index in [4.69, 9.17) is 5.84 Å². The number of nitrogens with two attached hydrogens (primary N) is 1. The number of hydrogen-bond acceptors (Lipinski definition) is 2. The molecule has 0 aliphatic heterocycles. The van der Waals surface area contributed by atoms with E-state index in [9.17, 15) is 0 Å². The molecule has 78 valence electrons. The highest BCUT2D eigenvalue weighted by atomic mass is 15.3. The first-order chi connectivity index (χ1) is 6.16. The monoisotopic (exact) mass is 184 g/mol. The highest BCUT2D eigenvalue weighted by Gasteiger charge is 2.56. The van der Waals surface area contributed by atoms with Crippen molar-refractivity contribution >= 4 is 0 Å². The van der Waals surface area contributed by atoms with Crippen LogP contribution in [0.5, 0.6) is 0 Å². The Hall–Kier alpha value is -0.0800. The van der Waals surface area contributed by atoms with Gasteiger partial charge in [-0.25, -0.2) is 0 Å². The summed E-state index contributed by atoms with van der Waals surface area (Å²) in [6.45, 7) is 6.79. The van der Waals surface area contributed by atoms with E-state index in [-0.39, 0.29) is 5.54 Å². The van der Waals surface area contributed by atoms with Gasteiger partial charge < -0.3 is 0 Å². The molecule has 2 nitrogen and oxygen atoms in total. The molecule has 0 spiro atoms. The van der Waals surface area contributed by atoms with Crippen LogP contribution in [0, 0.1) is 11.8 Å². The van der Waals surface area contributed by atoms with Crippen molar-refractivity contribution in [1.82, 2.24) is 5.43 Å². The fourth-order valence-corrected chi connectivity index (χ4v) is 2.41. The summed E-state index contributed by atoms with van der Waals surface area (Å²) in [5.41, 5.74) is 3.20. The molecular formula is C11H24N2. The topological polar surface area (TPSA) is 38.0 Å². The molecule has 2 heteroatoms. The molecule has 3 atom stereocenters.